The van der Waals surface area contributed by atoms with E-state index in [4.69, 9.17) is 0 Å². The Morgan fingerprint density at radius 1 is 1.16 bits per heavy atom. The van der Waals surface area contributed by atoms with Crippen LogP contribution in [0.25, 0.3) is 0 Å². The van der Waals surface area contributed by atoms with Gasteiger partial charge in [0, 0.05) is 38.7 Å². The molecule has 136 valence electrons. The molecule has 0 radical (unpaired) electrons. The van der Waals surface area contributed by atoms with Crippen molar-refractivity contribution in [3.8, 4) is 0 Å². The molecule has 1 amide bonds. The van der Waals surface area contributed by atoms with Gasteiger partial charge in [-0.1, -0.05) is 32.1 Å². The topological polar surface area (TPSA) is 79.6 Å². The van der Waals surface area contributed by atoms with E-state index in [1.807, 2.05) is 4.90 Å². The molecule has 0 spiro atoms. The first-order valence-corrected chi connectivity index (χ1v) is 9.26. The molecule has 0 N–H and O–H groups in total. The molecular weight excluding hydrogens is 320 g/mol. The number of aromatic nitrogens is 1. The summed E-state index contributed by atoms with van der Waals surface area (Å²) in [5.74, 6) is 0.873. The van der Waals surface area contributed by atoms with Crippen LogP contribution in [0.15, 0.2) is 18.3 Å². The summed E-state index contributed by atoms with van der Waals surface area (Å²) in [6.07, 6.45) is 9.81. The largest absolute Gasteiger partial charge is 0.365 e. The third-order valence-electron chi connectivity index (χ3n) is 5.41. The molecule has 1 aromatic rings. The molecule has 1 aromatic heterocycles. The highest BCUT2D eigenvalue weighted by Crippen LogP contribution is 2.27. The molecule has 3 rings (SSSR count). The van der Waals surface area contributed by atoms with Gasteiger partial charge in [-0.15, -0.1) is 0 Å². The predicted molar refractivity (Wildman–Crippen MR) is 95.5 cm³/mol. The summed E-state index contributed by atoms with van der Waals surface area (Å²) in [6.45, 7) is 2.91. The van der Waals surface area contributed by atoms with Gasteiger partial charge in [0.05, 0.1) is 5.69 Å². The maximum absolute atomic E-state index is 12.4. The monoisotopic (exact) mass is 346 g/mol. The fraction of sp³-hybridized carbons (Fsp3) is 0.667. The number of rotatable bonds is 5. The first-order valence-electron chi connectivity index (χ1n) is 9.26. The average Bonchev–Trinajstić information content (AvgIpc) is 2.67. The highest BCUT2D eigenvalue weighted by molar-refractivity contribution is 5.76. The van der Waals surface area contributed by atoms with Gasteiger partial charge in [-0.3, -0.25) is 4.79 Å². The minimum atomic E-state index is -0.493. The summed E-state index contributed by atoms with van der Waals surface area (Å²) in [7, 11) is 0. The van der Waals surface area contributed by atoms with E-state index >= 15 is 0 Å². The number of hydrogen-bond acceptors (Lipinski definition) is 5. The van der Waals surface area contributed by atoms with Gasteiger partial charge in [0.25, 0.3) is 0 Å². The summed E-state index contributed by atoms with van der Waals surface area (Å²) in [6, 6.07) is 3.16. The second-order valence-electron chi connectivity index (χ2n) is 7.04. The smallest absolute Gasteiger partial charge is 0.363 e. The number of nitrogens with zero attached hydrogens (tertiary/aromatic N) is 4. The van der Waals surface area contributed by atoms with E-state index in [9.17, 15) is 14.9 Å². The zero-order valence-corrected chi connectivity index (χ0v) is 14.6. The van der Waals surface area contributed by atoms with Crippen molar-refractivity contribution in [2.45, 2.75) is 44.9 Å². The van der Waals surface area contributed by atoms with Gasteiger partial charge >= 0.3 is 5.82 Å². The Kier molecular flexibility index (Phi) is 5.83. The fourth-order valence-electron chi connectivity index (χ4n) is 3.85. The zero-order valence-electron chi connectivity index (χ0n) is 14.6. The summed E-state index contributed by atoms with van der Waals surface area (Å²) in [5, 5.41) is 10.7. The summed E-state index contributed by atoms with van der Waals surface area (Å²) in [4.78, 5) is 30.5. The Morgan fingerprint density at radius 3 is 2.48 bits per heavy atom. The Bertz CT molecular complexity index is 591. The van der Waals surface area contributed by atoms with Crippen LogP contribution in [0.5, 0.6) is 0 Å². The molecule has 2 aliphatic rings. The molecule has 1 aliphatic carbocycles. The molecule has 0 unspecified atom stereocenters. The van der Waals surface area contributed by atoms with Gasteiger partial charge < -0.3 is 19.9 Å². The fourth-order valence-corrected chi connectivity index (χ4v) is 3.85. The van der Waals surface area contributed by atoms with Gasteiger partial charge in [-0.25, -0.2) is 0 Å². The van der Waals surface area contributed by atoms with Crippen molar-refractivity contribution in [1.29, 1.82) is 0 Å². The number of nitro groups is 1. The summed E-state index contributed by atoms with van der Waals surface area (Å²) >= 11 is 0. The van der Waals surface area contributed by atoms with Crippen molar-refractivity contribution in [1.82, 2.24) is 9.88 Å². The van der Waals surface area contributed by atoms with E-state index < -0.39 is 4.92 Å². The van der Waals surface area contributed by atoms with Crippen molar-refractivity contribution in [2.75, 3.05) is 31.1 Å². The van der Waals surface area contributed by atoms with Gasteiger partial charge in [-0.2, -0.15) is 0 Å². The van der Waals surface area contributed by atoms with E-state index in [0.29, 0.717) is 19.5 Å². The van der Waals surface area contributed by atoms with E-state index in [0.717, 1.165) is 31.1 Å². The van der Waals surface area contributed by atoms with Crippen molar-refractivity contribution in [3.05, 3.63) is 28.4 Å². The molecule has 0 aromatic carbocycles. The van der Waals surface area contributed by atoms with Crippen LogP contribution in [0.2, 0.25) is 0 Å². The van der Waals surface area contributed by atoms with E-state index in [1.54, 1.807) is 12.3 Å². The Balaban J connectivity index is 1.44. The molecule has 2 heterocycles. The van der Waals surface area contributed by atoms with Crippen LogP contribution < -0.4 is 4.90 Å². The van der Waals surface area contributed by atoms with Crippen LogP contribution in [0.4, 0.5) is 11.5 Å². The second-order valence-corrected chi connectivity index (χ2v) is 7.04. The van der Waals surface area contributed by atoms with Crippen LogP contribution in [0.1, 0.15) is 44.9 Å². The lowest BCUT2D eigenvalue weighted by Gasteiger charge is -2.36. The first kappa shape index (κ1) is 17.6. The lowest BCUT2D eigenvalue weighted by molar-refractivity contribution is -0.389. The van der Waals surface area contributed by atoms with E-state index in [2.05, 4.69) is 9.88 Å². The van der Waals surface area contributed by atoms with Crippen molar-refractivity contribution >= 4 is 17.4 Å². The molecule has 7 nitrogen and oxygen atoms in total. The number of carbonyl (C=O) groups excluding carboxylic acids is 1. The van der Waals surface area contributed by atoms with Gasteiger partial charge in [0.2, 0.25) is 5.91 Å². The van der Waals surface area contributed by atoms with E-state index in [-0.39, 0.29) is 11.7 Å². The van der Waals surface area contributed by atoms with E-state index in [1.165, 1.54) is 38.2 Å². The van der Waals surface area contributed by atoms with Gasteiger partial charge in [0.1, 0.15) is 0 Å². The minimum absolute atomic E-state index is 0.139. The van der Waals surface area contributed by atoms with Crippen LogP contribution in [0, 0.1) is 16.0 Å². The third kappa shape index (κ3) is 4.67. The maximum Gasteiger partial charge on any atom is 0.363 e. The number of hydrogen-bond donors (Lipinski definition) is 0. The normalized spacial score (nSPS) is 19.0. The second kappa shape index (κ2) is 8.27. The highest BCUT2D eigenvalue weighted by atomic mass is 16.6. The first-order chi connectivity index (χ1) is 12.1. The lowest BCUT2D eigenvalue weighted by atomic mass is 9.86. The maximum atomic E-state index is 12.4. The van der Waals surface area contributed by atoms with Gasteiger partial charge in [-0.05, 0) is 28.3 Å². The standard InChI is InChI=1S/C18H26N4O3/c23-18(9-6-15-4-2-1-3-5-15)21-12-10-20(11-13-21)16-7-8-17(19-14-16)22(24)25/h7-8,14-15H,1-6,9-13H2. The Labute approximate surface area is 148 Å². The van der Waals surface area contributed by atoms with Crippen molar-refractivity contribution in [2.24, 2.45) is 5.92 Å². The van der Waals surface area contributed by atoms with Crippen LogP contribution in [-0.2, 0) is 4.79 Å². The SMILES string of the molecule is O=C(CCC1CCCCC1)N1CCN(c2ccc([N+](=O)[O-])nc2)CC1. The third-order valence-corrected chi connectivity index (χ3v) is 5.41. The molecule has 25 heavy (non-hydrogen) atoms. The van der Waals surface area contributed by atoms with Crippen LogP contribution in [0.3, 0.4) is 0 Å². The molecular formula is C18H26N4O3. The number of carbonyl (C=O) groups is 1. The molecule has 0 bridgehead atoms. The molecule has 2 fully saturated rings. The Morgan fingerprint density at radius 2 is 1.88 bits per heavy atom. The predicted octanol–water partition coefficient (Wildman–Crippen LogP) is 3.00. The average molecular weight is 346 g/mol. The molecule has 1 saturated heterocycles. The molecule has 7 heteroatoms. The highest BCUT2D eigenvalue weighted by Gasteiger charge is 2.23. The minimum Gasteiger partial charge on any atom is -0.365 e. The quantitative estimate of drug-likeness (QED) is 0.605. The molecule has 0 atom stereocenters. The van der Waals surface area contributed by atoms with Crippen LogP contribution >= 0.6 is 0 Å². The molecule has 1 aliphatic heterocycles. The molecule has 1 saturated carbocycles. The zero-order chi connectivity index (χ0) is 17.6. The number of pyridine rings is 1. The van der Waals surface area contributed by atoms with Crippen LogP contribution in [-0.4, -0.2) is 46.9 Å². The van der Waals surface area contributed by atoms with Gasteiger partial charge in [0.15, 0.2) is 6.20 Å². The summed E-state index contributed by atoms with van der Waals surface area (Å²) in [5.41, 5.74) is 0.875. The van der Waals surface area contributed by atoms with Crippen molar-refractivity contribution < 1.29 is 9.72 Å². The lowest BCUT2D eigenvalue weighted by Crippen LogP contribution is -2.48. The number of anilines is 1. The van der Waals surface area contributed by atoms with Crippen molar-refractivity contribution in [3.63, 3.8) is 0 Å². The Hall–Kier alpha value is -2.18. The summed E-state index contributed by atoms with van der Waals surface area (Å²) < 4.78 is 0. The number of piperazine rings is 1. The number of amides is 1.